The van der Waals surface area contributed by atoms with Gasteiger partial charge in [0.15, 0.2) is 0 Å². The van der Waals surface area contributed by atoms with E-state index in [1.807, 2.05) is 13.8 Å². The molecule has 0 bridgehead atoms. The van der Waals surface area contributed by atoms with Crippen molar-refractivity contribution in [1.29, 1.82) is 10.8 Å². The summed E-state index contributed by atoms with van der Waals surface area (Å²) < 4.78 is 43.9. The molecule has 0 spiro atoms. The van der Waals surface area contributed by atoms with Crippen molar-refractivity contribution in [3.8, 4) is 11.5 Å². The fourth-order valence-corrected chi connectivity index (χ4v) is 5.86. The Labute approximate surface area is 278 Å². The van der Waals surface area contributed by atoms with Crippen LogP contribution in [0.25, 0.3) is 0 Å². The SMILES string of the molecule is Cc1cn(Cc2cc(F)c(C(=O)N[C@@H]3CCN(C4CCOCC4)C[C@@H]3F)cc2Oc2ccc(C(=N)/C=C\C(=N)C(C)C)cc2)c(=O)cn1. The van der Waals surface area contributed by atoms with Gasteiger partial charge in [-0.2, -0.15) is 0 Å². The van der Waals surface area contributed by atoms with Crippen molar-refractivity contribution in [1.82, 2.24) is 19.8 Å². The second kappa shape index (κ2) is 15.6. The number of hydrogen-bond donors (Lipinski definition) is 3. The number of aromatic nitrogens is 2. The van der Waals surface area contributed by atoms with Crippen molar-refractivity contribution >= 4 is 17.3 Å². The Bertz CT molecular complexity index is 1730. The first kappa shape index (κ1) is 34.8. The van der Waals surface area contributed by atoms with E-state index in [4.69, 9.17) is 20.3 Å². The fourth-order valence-electron chi connectivity index (χ4n) is 5.86. The molecule has 1 aromatic heterocycles. The molecule has 10 nitrogen and oxygen atoms in total. The highest BCUT2D eigenvalue weighted by molar-refractivity contribution is 6.10. The monoisotopic (exact) mass is 660 g/mol. The Morgan fingerprint density at radius 3 is 2.56 bits per heavy atom. The summed E-state index contributed by atoms with van der Waals surface area (Å²) in [6.45, 7) is 7.61. The lowest BCUT2D eigenvalue weighted by Gasteiger charge is -2.41. The molecular weight excluding hydrogens is 618 g/mol. The molecule has 2 aliphatic heterocycles. The Kier molecular flexibility index (Phi) is 11.3. The largest absolute Gasteiger partial charge is 0.457 e. The van der Waals surface area contributed by atoms with Gasteiger partial charge in [-0.05, 0) is 86.2 Å². The van der Waals surface area contributed by atoms with Gasteiger partial charge in [0.1, 0.15) is 23.5 Å². The fraction of sp³-hybridized carbons (Fsp3) is 0.417. The van der Waals surface area contributed by atoms with Gasteiger partial charge in [-0.25, -0.2) is 8.78 Å². The second-order valence-corrected chi connectivity index (χ2v) is 12.6. The van der Waals surface area contributed by atoms with Crippen LogP contribution in [0, 0.1) is 29.5 Å². The van der Waals surface area contributed by atoms with Gasteiger partial charge >= 0.3 is 0 Å². The summed E-state index contributed by atoms with van der Waals surface area (Å²) in [6.07, 6.45) is 6.67. The number of hydrogen-bond acceptors (Lipinski definition) is 8. The number of piperidine rings is 1. The molecule has 3 heterocycles. The van der Waals surface area contributed by atoms with Crippen LogP contribution in [-0.4, -0.2) is 76.3 Å². The van der Waals surface area contributed by atoms with Gasteiger partial charge in [0, 0.05) is 49.8 Å². The normalized spacial score (nSPS) is 19.0. The number of ether oxygens (including phenoxy) is 2. The zero-order chi connectivity index (χ0) is 34.4. The van der Waals surface area contributed by atoms with Gasteiger partial charge in [-0.3, -0.25) is 19.5 Å². The molecule has 0 aliphatic carbocycles. The number of rotatable bonds is 11. The molecule has 0 saturated carbocycles. The Morgan fingerprint density at radius 2 is 1.88 bits per heavy atom. The lowest BCUT2D eigenvalue weighted by molar-refractivity contribution is 0.00512. The number of likely N-dealkylation sites (tertiary alicyclic amines) is 1. The molecule has 2 aromatic carbocycles. The van der Waals surface area contributed by atoms with Crippen molar-refractivity contribution in [2.45, 2.75) is 64.8 Å². The first-order valence-electron chi connectivity index (χ1n) is 16.2. The minimum atomic E-state index is -1.31. The maximum atomic E-state index is 15.6. The number of nitrogens with zero attached hydrogens (tertiary/aromatic N) is 3. The molecule has 0 unspecified atom stereocenters. The van der Waals surface area contributed by atoms with Gasteiger partial charge in [-0.1, -0.05) is 13.8 Å². The predicted molar refractivity (Wildman–Crippen MR) is 180 cm³/mol. The third kappa shape index (κ3) is 8.67. The van der Waals surface area contributed by atoms with Gasteiger partial charge in [0.05, 0.1) is 35.8 Å². The molecule has 12 heteroatoms. The molecule has 2 atom stereocenters. The highest BCUT2D eigenvalue weighted by atomic mass is 19.1. The number of carbonyl (C=O) groups is 1. The molecule has 48 heavy (non-hydrogen) atoms. The smallest absolute Gasteiger partial charge is 0.269 e. The second-order valence-electron chi connectivity index (χ2n) is 12.6. The van der Waals surface area contributed by atoms with E-state index in [1.54, 1.807) is 49.5 Å². The number of nitrogens with one attached hydrogen (secondary N) is 3. The number of alkyl halides is 1. The van der Waals surface area contributed by atoms with Crippen LogP contribution in [0.15, 0.2) is 65.7 Å². The number of halogens is 2. The van der Waals surface area contributed by atoms with Gasteiger partial charge in [0.2, 0.25) is 0 Å². The predicted octanol–water partition coefficient (Wildman–Crippen LogP) is 5.45. The summed E-state index contributed by atoms with van der Waals surface area (Å²) in [6, 6.07) is 8.57. The molecule has 2 aliphatic rings. The lowest BCUT2D eigenvalue weighted by atomic mass is 9.98. The first-order chi connectivity index (χ1) is 23.0. The average Bonchev–Trinajstić information content (AvgIpc) is 3.07. The van der Waals surface area contributed by atoms with E-state index in [2.05, 4.69) is 15.2 Å². The highest BCUT2D eigenvalue weighted by Gasteiger charge is 2.34. The molecule has 2 fully saturated rings. The molecule has 1 amide bonds. The first-order valence-corrected chi connectivity index (χ1v) is 16.2. The van der Waals surface area contributed by atoms with Crippen LogP contribution in [0.2, 0.25) is 0 Å². The summed E-state index contributed by atoms with van der Waals surface area (Å²) in [7, 11) is 0. The summed E-state index contributed by atoms with van der Waals surface area (Å²) in [5.41, 5.74) is 1.42. The molecule has 3 N–H and O–H groups in total. The quantitative estimate of drug-likeness (QED) is 0.234. The Balaban J connectivity index is 1.36. The van der Waals surface area contributed by atoms with Gasteiger partial charge in [-0.15, -0.1) is 0 Å². The van der Waals surface area contributed by atoms with Crippen molar-refractivity contribution in [2.75, 3.05) is 26.3 Å². The van der Waals surface area contributed by atoms with Crippen LogP contribution in [0.3, 0.4) is 0 Å². The molecule has 3 aromatic rings. The molecule has 2 saturated heterocycles. The zero-order valence-electron chi connectivity index (χ0n) is 27.5. The number of carbonyl (C=O) groups excluding carboxylic acids is 1. The van der Waals surface area contributed by atoms with E-state index in [1.165, 1.54) is 16.8 Å². The maximum Gasteiger partial charge on any atom is 0.269 e. The Hall–Kier alpha value is -4.55. The van der Waals surface area contributed by atoms with E-state index in [-0.39, 0.29) is 42.1 Å². The third-order valence-corrected chi connectivity index (χ3v) is 8.78. The average molecular weight is 661 g/mol. The number of benzene rings is 2. The number of aryl methyl sites for hydroxylation is 1. The van der Waals surface area contributed by atoms with Crippen LogP contribution >= 0.6 is 0 Å². The van der Waals surface area contributed by atoms with Crippen LogP contribution < -0.4 is 15.6 Å². The van der Waals surface area contributed by atoms with Crippen molar-refractivity contribution in [3.05, 3.63) is 99.5 Å². The topological polar surface area (TPSA) is 133 Å². The molecule has 254 valence electrons. The number of amides is 1. The molecule has 0 radical (unpaired) electrons. The third-order valence-electron chi connectivity index (χ3n) is 8.78. The maximum absolute atomic E-state index is 15.6. The van der Waals surface area contributed by atoms with Gasteiger partial charge < -0.3 is 30.2 Å². The molecule has 5 rings (SSSR count). The van der Waals surface area contributed by atoms with E-state index in [0.717, 1.165) is 18.9 Å². The lowest BCUT2D eigenvalue weighted by Crippen LogP contribution is -2.55. The van der Waals surface area contributed by atoms with E-state index >= 15 is 8.78 Å². The van der Waals surface area contributed by atoms with Crippen molar-refractivity contribution in [2.24, 2.45) is 5.92 Å². The minimum Gasteiger partial charge on any atom is -0.457 e. The van der Waals surface area contributed by atoms with E-state index in [0.29, 0.717) is 54.5 Å². The highest BCUT2D eigenvalue weighted by Crippen LogP contribution is 2.30. The van der Waals surface area contributed by atoms with Crippen molar-refractivity contribution < 1.29 is 23.0 Å². The molecular formula is C36H42F2N6O4. The summed E-state index contributed by atoms with van der Waals surface area (Å²) in [4.78, 5) is 32.0. The van der Waals surface area contributed by atoms with Crippen LogP contribution in [0.5, 0.6) is 11.5 Å². The zero-order valence-corrected chi connectivity index (χ0v) is 27.5. The minimum absolute atomic E-state index is 0.0437. The summed E-state index contributed by atoms with van der Waals surface area (Å²) in [5.74, 6) is -1.04. The summed E-state index contributed by atoms with van der Waals surface area (Å²) in [5, 5.41) is 19.0. The number of allylic oxidation sites excluding steroid dienone is 2. The summed E-state index contributed by atoms with van der Waals surface area (Å²) >= 11 is 0. The van der Waals surface area contributed by atoms with Crippen LogP contribution in [-0.2, 0) is 11.3 Å². The van der Waals surface area contributed by atoms with Crippen LogP contribution in [0.4, 0.5) is 8.78 Å². The van der Waals surface area contributed by atoms with Gasteiger partial charge in [0.25, 0.3) is 11.5 Å². The van der Waals surface area contributed by atoms with Crippen LogP contribution in [0.1, 0.15) is 60.3 Å². The van der Waals surface area contributed by atoms with Crippen molar-refractivity contribution in [3.63, 3.8) is 0 Å². The van der Waals surface area contributed by atoms with E-state index in [9.17, 15) is 9.59 Å². The van der Waals surface area contributed by atoms with E-state index < -0.39 is 29.5 Å². The Morgan fingerprint density at radius 1 is 1.15 bits per heavy atom. The standard InChI is InChI=1S/C36H42F2N6O4/c1-22(2)31(39)8-9-32(40)24-4-6-27(7-5-24)48-34-17-28(29(37)16-25(34)20-44-19-23(3)41-18-35(44)45)36(46)42-33-10-13-43(21-30(33)38)26-11-14-47-15-12-26/h4-9,16-19,22,26,30,33,39-40H,10-15,20-21H2,1-3H3,(H,42,46)/b9-8-,39-31?,40-32?/t30-,33+/m0/s1.